The largest absolute Gasteiger partial charge is 0.348 e. The normalized spacial score (nSPS) is 12.7. The standard InChI is InChI=1S/C35H46N6O2/c1-4-20-41(21-5-2)22-8-11-32(35(43)39-26(3)30-17-16-28-9-6-7-10-31(28)23-30)40-34(42)29-14-12-27(13-15-29)24-36-25-33-37-18-19-38-33/h6-7,9-10,12-19,23,26,32,36H,4-5,8,11,20-22,24-25H2,1-3H3,(H,37,38)(H,39,43)(H,40,42)/t26-,32-/m0/s1. The van der Waals surface area contributed by atoms with Crippen LogP contribution in [0.5, 0.6) is 0 Å². The molecule has 0 aliphatic heterocycles. The number of H-pyrrole nitrogens is 1. The second-order valence-corrected chi connectivity index (χ2v) is 11.2. The molecule has 0 aliphatic carbocycles. The van der Waals surface area contributed by atoms with Crippen molar-refractivity contribution in [1.29, 1.82) is 0 Å². The third kappa shape index (κ3) is 9.76. The summed E-state index contributed by atoms with van der Waals surface area (Å²) in [7, 11) is 0. The average Bonchev–Trinajstić information content (AvgIpc) is 3.54. The number of fused-ring (bicyclic) bond motifs is 1. The maximum Gasteiger partial charge on any atom is 0.251 e. The topological polar surface area (TPSA) is 102 Å². The molecule has 8 nitrogen and oxygen atoms in total. The molecule has 1 heterocycles. The molecule has 0 radical (unpaired) electrons. The van der Waals surface area contributed by atoms with Crippen molar-refractivity contribution in [2.75, 3.05) is 19.6 Å². The molecule has 4 rings (SSSR count). The van der Waals surface area contributed by atoms with Crippen molar-refractivity contribution in [3.8, 4) is 0 Å². The Morgan fingerprint density at radius 1 is 0.884 bits per heavy atom. The van der Waals surface area contributed by atoms with Gasteiger partial charge in [-0.05, 0) is 92.3 Å². The van der Waals surface area contributed by atoms with Gasteiger partial charge in [0.05, 0.1) is 12.6 Å². The minimum Gasteiger partial charge on any atom is -0.348 e. The summed E-state index contributed by atoms with van der Waals surface area (Å²) >= 11 is 0. The zero-order valence-corrected chi connectivity index (χ0v) is 25.7. The number of imidazole rings is 1. The highest BCUT2D eigenvalue weighted by atomic mass is 16.2. The molecule has 0 aliphatic rings. The van der Waals surface area contributed by atoms with Crippen LogP contribution in [0.15, 0.2) is 79.1 Å². The number of nitrogens with one attached hydrogen (secondary N) is 4. The van der Waals surface area contributed by atoms with Crippen LogP contribution in [0.25, 0.3) is 10.8 Å². The molecule has 0 saturated carbocycles. The first-order chi connectivity index (χ1) is 21.0. The van der Waals surface area contributed by atoms with E-state index < -0.39 is 6.04 Å². The van der Waals surface area contributed by atoms with Crippen LogP contribution < -0.4 is 16.0 Å². The van der Waals surface area contributed by atoms with Gasteiger partial charge in [0, 0.05) is 24.5 Å². The van der Waals surface area contributed by atoms with E-state index in [1.54, 1.807) is 12.4 Å². The zero-order valence-electron chi connectivity index (χ0n) is 25.7. The first-order valence-electron chi connectivity index (χ1n) is 15.6. The van der Waals surface area contributed by atoms with Crippen molar-refractivity contribution < 1.29 is 9.59 Å². The summed E-state index contributed by atoms with van der Waals surface area (Å²) in [6, 6.07) is 21.1. The Morgan fingerprint density at radius 3 is 2.33 bits per heavy atom. The molecule has 2 atom stereocenters. The second-order valence-electron chi connectivity index (χ2n) is 11.2. The van der Waals surface area contributed by atoms with Crippen LogP contribution in [-0.2, 0) is 17.9 Å². The van der Waals surface area contributed by atoms with E-state index in [0.29, 0.717) is 25.1 Å². The lowest BCUT2D eigenvalue weighted by atomic mass is 10.0. The van der Waals surface area contributed by atoms with E-state index in [1.165, 1.54) is 0 Å². The van der Waals surface area contributed by atoms with Crippen LogP contribution in [0.3, 0.4) is 0 Å². The molecule has 0 unspecified atom stereocenters. The lowest BCUT2D eigenvalue weighted by Crippen LogP contribution is -2.47. The van der Waals surface area contributed by atoms with E-state index in [-0.39, 0.29) is 17.9 Å². The van der Waals surface area contributed by atoms with Crippen LogP contribution in [0.2, 0.25) is 0 Å². The van der Waals surface area contributed by atoms with Gasteiger partial charge in [-0.3, -0.25) is 9.59 Å². The van der Waals surface area contributed by atoms with Crippen molar-refractivity contribution in [2.45, 2.75) is 71.6 Å². The SMILES string of the molecule is CCCN(CCC)CCC[C@H](NC(=O)c1ccc(CNCc2ncc[nH]2)cc1)C(=O)N[C@@H](C)c1ccc2ccccc2c1. The van der Waals surface area contributed by atoms with Gasteiger partial charge in [0.25, 0.3) is 5.91 Å². The van der Waals surface area contributed by atoms with Crippen molar-refractivity contribution in [2.24, 2.45) is 0 Å². The highest BCUT2D eigenvalue weighted by Crippen LogP contribution is 2.20. The van der Waals surface area contributed by atoms with E-state index in [4.69, 9.17) is 0 Å². The first-order valence-corrected chi connectivity index (χ1v) is 15.6. The lowest BCUT2D eigenvalue weighted by Gasteiger charge is -2.24. The number of amides is 2. The van der Waals surface area contributed by atoms with E-state index in [9.17, 15) is 9.59 Å². The molecule has 1 aromatic heterocycles. The Balaban J connectivity index is 1.39. The Kier molecular flexibility index (Phi) is 12.3. The van der Waals surface area contributed by atoms with Crippen molar-refractivity contribution >= 4 is 22.6 Å². The highest BCUT2D eigenvalue weighted by molar-refractivity contribution is 5.97. The monoisotopic (exact) mass is 582 g/mol. The summed E-state index contributed by atoms with van der Waals surface area (Å²) in [5, 5.41) is 11.8. The smallest absolute Gasteiger partial charge is 0.251 e. The van der Waals surface area contributed by atoms with E-state index in [0.717, 1.165) is 66.6 Å². The van der Waals surface area contributed by atoms with E-state index in [1.807, 2.05) is 43.3 Å². The van der Waals surface area contributed by atoms with Gasteiger partial charge in [-0.15, -0.1) is 0 Å². The van der Waals surface area contributed by atoms with Gasteiger partial charge >= 0.3 is 0 Å². The molecule has 2 amide bonds. The summed E-state index contributed by atoms with van der Waals surface area (Å²) in [5.74, 6) is 0.473. The molecule has 0 fully saturated rings. The number of carbonyl (C=O) groups excluding carboxylic acids is 2. The van der Waals surface area contributed by atoms with Crippen LogP contribution in [-0.4, -0.2) is 52.4 Å². The molecule has 0 spiro atoms. The summed E-state index contributed by atoms with van der Waals surface area (Å²) in [5.41, 5.74) is 2.63. The summed E-state index contributed by atoms with van der Waals surface area (Å²) in [6.45, 7) is 10.6. The Morgan fingerprint density at radius 2 is 1.63 bits per heavy atom. The van der Waals surface area contributed by atoms with Gasteiger partial charge in [0.2, 0.25) is 5.91 Å². The molecule has 4 N–H and O–H groups in total. The van der Waals surface area contributed by atoms with Gasteiger partial charge in [-0.25, -0.2) is 4.98 Å². The number of aromatic nitrogens is 2. The fourth-order valence-electron chi connectivity index (χ4n) is 5.37. The Bertz CT molecular complexity index is 1410. The van der Waals surface area contributed by atoms with Crippen molar-refractivity contribution in [3.63, 3.8) is 0 Å². The maximum atomic E-state index is 13.6. The van der Waals surface area contributed by atoms with Crippen molar-refractivity contribution in [3.05, 3.63) is 102 Å². The van der Waals surface area contributed by atoms with Crippen LogP contribution in [0.1, 0.15) is 79.8 Å². The molecule has 8 heteroatoms. The summed E-state index contributed by atoms with van der Waals surface area (Å²) in [4.78, 5) is 36.6. The minimum atomic E-state index is -0.629. The predicted octanol–water partition coefficient (Wildman–Crippen LogP) is 5.73. The Hall–Kier alpha value is -4.01. The van der Waals surface area contributed by atoms with Gasteiger partial charge in [0.15, 0.2) is 0 Å². The fourth-order valence-corrected chi connectivity index (χ4v) is 5.37. The van der Waals surface area contributed by atoms with Crippen LogP contribution in [0.4, 0.5) is 0 Å². The molecule has 228 valence electrons. The summed E-state index contributed by atoms with van der Waals surface area (Å²) < 4.78 is 0. The van der Waals surface area contributed by atoms with Gasteiger partial charge < -0.3 is 25.8 Å². The molecule has 0 saturated heterocycles. The average molecular weight is 583 g/mol. The molecule has 4 aromatic rings. The maximum absolute atomic E-state index is 13.6. The number of benzene rings is 3. The number of carbonyl (C=O) groups is 2. The lowest BCUT2D eigenvalue weighted by molar-refractivity contribution is -0.123. The van der Waals surface area contributed by atoms with Crippen molar-refractivity contribution in [1.82, 2.24) is 30.8 Å². The Labute approximate surface area is 255 Å². The number of hydrogen-bond donors (Lipinski definition) is 4. The molecular weight excluding hydrogens is 536 g/mol. The number of rotatable bonds is 17. The molecule has 3 aromatic carbocycles. The fraction of sp³-hybridized carbons (Fsp3) is 0.400. The van der Waals surface area contributed by atoms with Crippen LogP contribution in [0, 0.1) is 0 Å². The van der Waals surface area contributed by atoms with E-state index >= 15 is 0 Å². The second kappa shape index (κ2) is 16.6. The number of aromatic amines is 1. The van der Waals surface area contributed by atoms with Gasteiger partial charge in [-0.1, -0.05) is 62.4 Å². The molecular formula is C35H46N6O2. The van der Waals surface area contributed by atoms with Crippen LogP contribution >= 0.6 is 0 Å². The predicted molar refractivity (Wildman–Crippen MR) is 174 cm³/mol. The highest BCUT2D eigenvalue weighted by Gasteiger charge is 2.23. The van der Waals surface area contributed by atoms with Gasteiger partial charge in [-0.2, -0.15) is 0 Å². The van der Waals surface area contributed by atoms with Gasteiger partial charge in [0.1, 0.15) is 11.9 Å². The summed E-state index contributed by atoms with van der Waals surface area (Å²) in [6.07, 6.45) is 7.11. The number of hydrogen-bond acceptors (Lipinski definition) is 5. The first kappa shape index (κ1) is 31.9. The zero-order chi connectivity index (χ0) is 30.4. The molecule has 43 heavy (non-hydrogen) atoms. The minimum absolute atomic E-state index is 0.162. The number of nitrogens with zero attached hydrogens (tertiary/aromatic N) is 2. The third-order valence-corrected chi connectivity index (χ3v) is 7.69. The molecule has 0 bridgehead atoms. The third-order valence-electron chi connectivity index (χ3n) is 7.69. The van der Waals surface area contributed by atoms with E-state index in [2.05, 4.69) is 75.0 Å². The quantitative estimate of drug-likeness (QED) is 0.127.